The SMILES string of the molecule is Cc1sc(-c2ccco2)nc1C(=O)N[C@H](C)[C@@H]1CCCN(C2CCC2)C1. The number of piperidine rings is 1. The zero-order chi connectivity index (χ0) is 18.1. The molecule has 1 aliphatic carbocycles. The van der Waals surface area contributed by atoms with Crippen molar-refractivity contribution in [1.29, 1.82) is 0 Å². The minimum Gasteiger partial charge on any atom is -0.462 e. The number of likely N-dealkylation sites (tertiary alicyclic amines) is 1. The zero-order valence-corrected chi connectivity index (χ0v) is 16.3. The van der Waals surface area contributed by atoms with Gasteiger partial charge in [0.1, 0.15) is 5.69 Å². The maximum Gasteiger partial charge on any atom is 0.271 e. The Morgan fingerprint density at radius 1 is 1.38 bits per heavy atom. The summed E-state index contributed by atoms with van der Waals surface area (Å²) in [5, 5.41) is 3.97. The van der Waals surface area contributed by atoms with Crippen LogP contribution in [0, 0.1) is 12.8 Å². The number of carbonyl (C=O) groups is 1. The van der Waals surface area contributed by atoms with E-state index in [0.717, 1.165) is 22.5 Å². The maximum absolute atomic E-state index is 12.8. The van der Waals surface area contributed by atoms with Gasteiger partial charge >= 0.3 is 0 Å². The lowest BCUT2D eigenvalue weighted by molar-refractivity contribution is 0.0634. The summed E-state index contributed by atoms with van der Waals surface area (Å²) in [5.74, 6) is 1.18. The number of thiazole rings is 1. The second-order valence-corrected chi connectivity index (χ2v) is 8.85. The van der Waals surface area contributed by atoms with Gasteiger partial charge in [-0.15, -0.1) is 11.3 Å². The molecule has 1 saturated carbocycles. The molecule has 0 bridgehead atoms. The molecule has 1 saturated heterocycles. The van der Waals surface area contributed by atoms with Crippen molar-refractivity contribution >= 4 is 17.2 Å². The maximum atomic E-state index is 12.8. The number of hydrogen-bond donors (Lipinski definition) is 1. The van der Waals surface area contributed by atoms with Gasteiger partial charge in [0.15, 0.2) is 10.8 Å². The highest BCUT2D eigenvalue weighted by Crippen LogP contribution is 2.31. The van der Waals surface area contributed by atoms with Gasteiger partial charge in [-0.2, -0.15) is 0 Å². The molecule has 26 heavy (non-hydrogen) atoms. The molecule has 0 unspecified atom stereocenters. The molecular weight excluding hydrogens is 346 g/mol. The van der Waals surface area contributed by atoms with Gasteiger partial charge in [0.05, 0.1) is 6.26 Å². The fraction of sp³-hybridized carbons (Fsp3) is 0.600. The van der Waals surface area contributed by atoms with E-state index in [2.05, 4.69) is 22.1 Å². The Bertz CT molecular complexity index is 751. The second-order valence-electron chi connectivity index (χ2n) is 7.65. The largest absolute Gasteiger partial charge is 0.462 e. The second kappa shape index (κ2) is 7.53. The van der Waals surface area contributed by atoms with Gasteiger partial charge in [-0.1, -0.05) is 6.42 Å². The average molecular weight is 374 g/mol. The lowest BCUT2D eigenvalue weighted by Crippen LogP contribution is -2.50. The number of amides is 1. The van der Waals surface area contributed by atoms with Crippen molar-refractivity contribution in [2.24, 2.45) is 5.92 Å². The van der Waals surface area contributed by atoms with Crippen molar-refractivity contribution in [3.63, 3.8) is 0 Å². The molecule has 0 radical (unpaired) electrons. The minimum absolute atomic E-state index is 0.0650. The first kappa shape index (κ1) is 17.7. The van der Waals surface area contributed by atoms with Crippen LogP contribution in [0.5, 0.6) is 0 Å². The lowest BCUT2D eigenvalue weighted by Gasteiger charge is -2.43. The molecule has 2 aromatic heterocycles. The van der Waals surface area contributed by atoms with Crippen LogP contribution in [0.25, 0.3) is 10.8 Å². The quantitative estimate of drug-likeness (QED) is 0.857. The first-order valence-corrected chi connectivity index (χ1v) is 10.5. The molecule has 4 rings (SSSR count). The molecule has 5 nitrogen and oxygen atoms in total. The Morgan fingerprint density at radius 3 is 2.92 bits per heavy atom. The third-order valence-electron chi connectivity index (χ3n) is 5.89. The number of aryl methyl sites for hydroxylation is 1. The van der Waals surface area contributed by atoms with Crippen LogP contribution in [0.4, 0.5) is 0 Å². The van der Waals surface area contributed by atoms with E-state index in [1.807, 2.05) is 19.1 Å². The number of rotatable bonds is 5. The van der Waals surface area contributed by atoms with Crippen LogP contribution in [0.3, 0.4) is 0 Å². The number of hydrogen-bond acceptors (Lipinski definition) is 5. The lowest BCUT2D eigenvalue weighted by atomic mass is 9.85. The average Bonchev–Trinajstić information content (AvgIpc) is 3.22. The van der Waals surface area contributed by atoms with Gasteiger partial charge in [0, 0.05) is 23.5 Å². The summed E-state index contributed by atoms with van der Waals surface area (Å²) < 4.78 is 5.40. The van der Waals surface area contributed by atoms with E-state index in [9.17, 15) is 4.79 Å². The Labute approximate surface area is 158 Å². The van der Waals surface area contributed by atoms with Crippen LogP contribution in [0.15, 0.2) is 22.8 Å². The third-order valence-corrected chi connectivity index (χ3v) is 6.88. The molecule has 2 aromatic rings. The highest BCUT2D eigenvalue weighted by Gasteiger charge is 2.32. The van der Waals surface area contributed by atoms with Gasteiger partial charge in [0.2, 0.25) is 0 Å². The topological polar surface area (TPSA) is 58.4 Å². The first-order chi connectivity index (χ1) is 12.6. The van der Waals surface area contributed by atoms with Crippen molar-refractivity contribution in [2.75, 3.05) is 13.1 Å². The molecule has 2 fully saturated rings. The molecular formula is C20H27N3O2S. The molecule has 2 aliphatic rings. The summed E-state index contributed by atoms with van der Waals surface area (Å²) in [6.07, 6.45) is 8.13. The number of carbonyl (C=O) groups excluding carboxylic acids is 1. The molecule has 0 aromatic carbocycles. The van der Waals surface area contributed by atoms with E-state index in [1.165, 1.54) is 50.0 Å². The first-order valence-electron chi connectivity index (χ1n) is 9.68. The van der Waals surface area contributed by atoms with E-state index in [1.54, 1.807) is 6.26 Å². The van der Waals surface area contributed by atoms with Gasteiger partial charge in [0.25, 0.3) is 5.91 Å². The zero-order valence-electron chi connectivity index (χ0n) is 15.5. The Hall–Kier alpha value is -1.66. The van der Waals surface area contributed by atoms with E-state index in [4.69, 9.17) is 4.42 Å². The number of nitrogens with zero attached hydrogens (tertiary/aromatic N) is 2. The van der Waals surface area contributed by atoms with Gasteiger partial charge in [-0.3, -0.25) is 4.79 Å². The summed E-state index contributed by atoms with van der Waals surface area (Å²) in [6, 6.07) is 4.67. The summed E-state index contributed by atoms with van der Waals surface area (Å²) in [4.78, 5) is 20.9. The standard InChI is InChI=1S/C20H27N3O2S/c1-13(15-6-4-10-23(12-15)16-7-3-8-16)21-19(24)18-14(2)26-20(22-18)17-9-5-11-25-17/h5,9,11,13,15-16H,3-4,6-8,10,12H2,1-2H3,(H,21,24)/t13-,15-/m1/s1. The van der Waals surface area contributed by atoms with Crippen molar-refractivity contribution in [2.45, 2.75) is 58.0 Å². The van der Waals surface area contributed by atoms with Crippen LogP contribution in [-0.4, -0.2) is 41.0 Å². The Morgan fingerprint density at radius 2 is 2.23 bits per heavy atom. The molecule has 6 heteroatoms. The molecule has 1 N–H and O–H groups in total. The Kier molecular flexibility index (Phi) is 5.14. The smallest absolute Gasteiger partial charge is 0.271 e. The summed E-state index contributed by atoms with van der Waals surface area (Å²) in [6.45, 7) is 6.42. The van der Waals surface area contributed by atoms with Crippen LogP contribution in [0.1, 0.15) is 54.4 Å². The summed E-state index contributed by atoms with van der Waals surface area (Å²) in [5.41, 5.74) is 0.528. The third kappa shape index (κ3) is 3.58. The fourth-order valence-corrected chi connectivity index (χ4v) is 4.92. The van der Waals surface area contributed by atoms with Crippen molar-refractivity contribution in [1.82, 2.24) is 15.2 Å². The highest BCUT2D eigenvalue weighted by atomic mass is 32.1. The molecule has 0 spiro atoms. The van der Waals surface area contributed by atoms with Gasteiger partial charge < -0.3 is 14.6 Å². The monoisotopic (exact) mass is 373 g/mol. The highest BCUT2D eigenvalue weighted by molar-refractivity contribution is 7.15. The van der Waals surface area contributed by atoms with Crippen LogP contribution >= 0.6 is 11.3 Å². The van der Waals surface area contributed by atoms with Crippen molar-refractivity contribution in [3.8, 4) is 10.8 Å². The fourth-order valence-electron chi connectivity index (χ4n) is 4.04. The normalized spacial score (nSPS) is 22.8. The van der Waals surface area contributed by atoms with Crippen LogP contribution < -0.4 is 5.32 Å². The summed E-state index contributed by atoms with van der Waals surface area (Å²) >= 11 is 1.50. The molecule has 2 atom stereocenters. The van der Waals surface area contributed by atoms with E-state index >= 15 is 0 Å². The van der Waals surface area contributed by atoms with E-state index in [-0.39, 0.29) is 11.9 Å². The molecule has 140 valence electrons. The molecule has 3 heterocycles. The molecule has 1 aliphatic heterocycles. The van der Waals surface area contributed by atoms with E-state index < -0.39 is 0 Å². The summed E-state index contributed by atoms with van der Waals surface area (Å²) in [7, 11) is 0. The van der Waals surface area contributed by atoms with Gasteiger partial charge in [-0.25, -0.2) is 4.98 Å². The minimum atomic E-state index is -0.0650. The predicted molar refractivity (Wildman–Crippen MR) is 103 cm³/mol. The number of aromatic nitrogens is 1. The van der Waals surface area contributed by atoms with Crippen LogP contribution in [0.2, 0.25) is 0 Å². The van der Waals surface area contributed by atoms with Crippen LogP contribution in [-0.2, 0) is 0 Å². The van der Waals surface area contributed by atoms with Crippen molar-refractivity contribution in [3.05, 3.63) is 29.0 Å². The number of nitrogens with one attached hydrogen (secondary N) is 1. The van der Waals surface area contributed by atoms with E-state index in [0.29, 0.717) is 17.4 Å². The van der Waals surface area contributed by atoms with Gasteiger partial charge in [-0.05, 0) is 64.1 Å². The van der Waals surface area contributed by atoms with Crippen molar-refractivity contribution < 1.29 is 9.21 Å². The predicted octanol–water partition coefficient (Wildman–Crippen LogP) is 4.09. The Balaban J connectivity index is 1.39. The molecule has 1 amide bonds. The number of furan rings is 1.